The lowest BCUT2D eigenvalue weighted by molar-refractivity contribution is -0.116. The van der Waals surface area contributed by atoms with Crippen molar-refractivity contribution in [3.05, 3.63) is 50.6 Å². The molecule has 2 N–H and O–H groups in total. The van der Waals surface area contributed by atoms with E-state index in [1.807, 2.05) is 13.0 Å². The molecular weight excluding hydrogens is 492 g/mol. The first-order chi connectivity index (χ1) is 16.4. The lowest BCUT2D eigenvalue weighted by Gasteiger charge is -2.09. The Morgan fingerprint density at radius 1 is 1.24 bits per heavy atom. The molecule has 8 nitrogen and oxygen atoms in total. The monoisotopic (exact) mass is 514 g/mol. The Morgan fingerprint density at radius 2 is 2.03 bits per heavy atom. The number of hydrogen-bond donors (Lipinski definition) is 2. The molecule has 176 valence electrons. The highest BCUT2D eigenvalue weighted by atomic mass is 35.5. The Labute approximate surface area is 210 Å². The number of nitriles is 1. The fourth-order valence-corrected chi connectivity index (χ4v) is 5.88. The molecule has 2 aromatic heterocycles. The summed E-state index contributed by atoms with van der Waals surface area (Å²) in [6, 6.07) is 7.58. The normalized spacial score (nSPS) is 12.6. The SMILES string of the molecule is Cc1ccc(NC(=O)Cc2nnc(SCC(=O)Nc3sc4c(c3C#N)CCCC4)n2C)cc1Cl. The van der Waals surface area contributed by atoms with Crippen LogP contribution in [0.25, 0.3) is 0 Å². The number of halogens is 1. The molecule has 0 bridgehead atoms. The maximum absolute atomic E-state index is 12.6. The van der Waals surface area contributed by atoms with Gasteiger partial charge in [0, 0.05) is 22.6 Å². The minimum Gasteiger partial charge on any atom is -0.326 e. The number of benzene rings is 1. The van der Waals surface area contributed by atoms with E-state index in [2.05, 4.69) is 26.9 Å². The van der Waals surface area contributed by atoms with Crippen molar-refractivity contribution in [3.8, 4) is 6.07 Å². The van der Waals surface area contributed by atoms with E-state index in [1.165, 1.54) is 28.0 Å². The second kappa shape index (κ2) is 10.6. The molecule has 11 heteroatoms. The molecule has 1 aromatic carbocycles. The predicted molar refractivity (Wildman–Crippen MR) is 135 cm³/mol. The molecule has 0 radical (unpaired) electrons. The Hall–Kier alpha value is -2.87. The van der Waals surface area contributed by atoms with Crippen LogP contribution in [-0.2, 0) is 35.9 Å². The Morgan fingerprint density at radius 3 is 2.79 bits per heavy atom. The lowest BCUT2D eigenvalue weighted by Crippen LogP contribution is -2.17. The van der Waals surface area contributed by atoms with Crippen molar-refractivity contribution in [2.75, 3.05) is 16.4 Å². The number of nitrogens with one attached hydrogen (secondary N) is 2. The summed E-state index contributed by atoms with van der Waals surface area (Å²) in [5.74, 6) is 0.151. The van der Waals surface area contributed by atoms with E-state index in [9.17, 15) is 14.9 Å². The van der Waals surface area contributed by atoms with Gasteiger partial charge in [0.05, 0.1) is 17.7 Å². The first kappa shape index (κ1) is 24.3. The van der Waals surface area contributed by atoms with Crippen LogP contribution < -0.4 is 10.6 Å². The van der Waals surface area contributed by atoms with E-state index in [1.54, 1.807) is 23.7 Å². The van der Waals surface area contributed by atoms with Crippen molar-refractivity contribution >= 4 is 57.2 Å². The van der Waals surface area contributed by atoms with Crippen LogP contribution in [0.4, 0.5) is 10.7 Å². The zero-order valence-corrected chi connectivity index (χ0v) is 21.2. The number of rotatable bonds is 7. The van der Waals surface area contributed by atoms with Gasteiger partial charge in [-0.15, -0.1) is 21.5 Å². The van der Waals surface area contributed by atoms with Crippen molar-refractivity contribution in [2.45, 2.75) is 44.2 Å². The van der Waals surface area contributed by atoms with Gasteiger partial charge in [0.1, 0.15) is 16.9 Å². The van der Waals surface area contributed by atoms with Gasteiger partial charge in [-0.2, -0.15) is 5.26 Å². The Bertz CT molecular complexity index is 1290. The molecule has 1 aliphatic carbocycles. The molecule has 2 amide bonds. The molecule has 0 aliphatic heterocycles. The van der Waals surface area contributed by atoms with Crippen molar-refractivity contribution in [3.63, 3.8) is 0 Å². The van der Waals surface area contributed by atoms with E-state index < -0.39 is 0 Å². The summed E-state index contributed by atoms with van der Waals surface area (Å²) in [6.07, 6.45) is 4.09. The van der Waals surface area contributed by atoms with Gasteiger partial charge in [0.25, 0.3) is 0 Å². The van der Waals surface area contributed by atoms with E-state index in [0.717, 1.165) is 36.8 Å². The zero-order chi connectivity index (χ0) is 24.2. The maximum atomic E-state index is 12.6. The van der Waals surface area contributed by atoms with Gasteiger partial charge in [-0.25, -0.2) is 0 Å². The number of carbonyl (C=O) groups is 2. The zero-order valence-electron chi connectivity index (χ0n) is 18.8. The van der Waals surface area contributed by atoms with E-state index >= 15 is 0 Å². The molecule has 0 fully saturated rings. The molecule has 0 atom stereocenters. The summed E-state index contributed by atoms with van der Waals surface area (Å²) in [5, 5.41) is 25.2. The molecule has 0 saturated heterocycles. The number of nitrogens with zero attached hydrogens (tertiary/aromatic N) is 4. The number of aryl methyl sites for hydroxylation is 2. The number of thioether (sulfide) groups is 1. The fraction of sp³-hybridized carbons (Fsp3) is 0.348. The topological polar surface area (TPSA) is 113 Å². The summed E-state index contributed by atoms with van der Waals surface area (Å²) < 4.78 is 1.70. The number of thiophene rings is 1. The van der Waals surface area contributed by atoms with Crippen molar-refractivity contribution in [1.82, 2.24) is 14.8 Å². The molecule has 4 rings (SSSR count). The van der Waals surface area contributed by atoms with Gasteiger partial charge >= 0.3 is 0 Å². The van der Waals surface area contributed by atoms with E-state index in [4.69, 9.17) is 11.6 Å². The lowest BCUT2D eigenvalue weighted by atomic mass is 9.96. The number of fused-ring (bicyclic) bond motifs is 1. The van der Waals surface area contributed by atoms with Crippen LogP contribution >= 0.6 is 34.7 Å². The van der Waals surface area contributed by atoms with Crippen molar-refractivity contribution in [2.24, 2.45) is 7.05 Å². The number of hydrogen-bond acceptors (Lipinski definition) is 7. The van der Waals surface area contributed by atoms with E-state index in [-0.39, 0.29) is 24.0 Å². The van der Waals surface area contributed by atoms with Gasteiger partial charge in [0.15, 0.2) is 5.16 Å². The summed E-state index contributed by atoms with van der Waals surface area (Å²) in [7, 11) is 1.76. The van der Waals surface area contributed by atoms with Gasteiger partial charge in [-0.3, -0.25) is 9.59 Å². The van der Waals surface area contributed by atoms with Crippen LogP contribution in [-0.4, -0.2) is 32.3 Å². The molecule has 34 heavy (non-hydrogen) atoms. The molecule has 1 aliphatic rings. The first-order valence-electron chi connectivity index (χ1n) is 10.8. The Balaban J connectivity index is 1.33. The van der Waals surface area contributed by atoms with Gasteiger partial charge in [-0.1, -0.05) is 29.4 Å². The summed E-state index contributed by atoms with van der Waals surface area (Å²) in [4.78, 5) is 26.2. The average molecular weight is 515 g/mol. The second-order valence-electron chi connectivity index (χ2n) is 8.01. The molecule has 2 heterocycles. The third-order valence-electron chi connectivity index (χ3n) is 5.57. The first-order valence-corrected chi connectivity index (χ1v) is 12.9. The third-order valence-corrected chi connectivity index (χ3v) is 8.20. The van der Waals surface area contributed by atoms with Gasteiger partial charge in [-0.05, 0) is 55.9 Å². The Kier molecular flexibility index (Phi) is 7.56. The quantitative estimate of drug-likeness (QED) is 0.449. The minimum atomic E-state index is -0.240. The molecule has 0 spiro atoms. The molecular formula is C23H23ClN6O2S2. The summed E-state index contributed by atoms with van der Waals surface area (Å²) in [6.45, 7) is 1.89. The third kappa shape index (κ3) is 5.43. The number of aromatic nitrogens is 3. The maximum Gasteiger partial charge on any atom is 0.235 e. The van der Waals surface area contributed by atoms with Crippen LogP contribution in [0.1, 0.15) is 40.2 Å². The highest BCUT2D eigenvalue weighted by Crippen LogP contribution is 2.37. The molecule has 0 saturated carbocycles. The summed E-state index contributed by atoms with van der Waals surface area (Å²) in [5.41, 5.74) is 3.23. The number of anilines is 2. The van der Waals surface area contributed by atoms with Crippen LogP contribution in [0.3, 0.4) is 0 Å². The smallest absolute Gasteiger partial charge is 0.235 e. The van der Waals surface area contributed by atoms with Crippen LogP contribution in [0.2, 0.25) is 5.02 Å². The van der Waals surface area contributed by atoms with Crippen LogP contribution in [0, 0.1) is 18.3 Å². The van der Waals surface area contributed by atoms with Gasteiger partial charge in [0.2, 0.25) is 11.8 Å². The second-order valence-corrected chi connectivity index (χ2v) is 10.5. The largest absolute Gasteiger partial charge is 0.326 e. The molecule has 0 unspecified atom stereocenters. The van der Waals surface area contributed by atoms with Crippen molar-refractivity contribution in [1.29, 1.82) is 5.26 Å². The minimum absolute atomic E-state index is 0.0357. The number of amides is 2. The molecule has 3 aromatic rings. The van der Waals surface area contributed by atoms with E-state index in [0.29, 0.717) is 32.3 Å². The highest BCUT2D eigenvalue weighted by molar-refractivity contribution is 7.99. The van der Waals surface area contributed by atoms with Crippen LogP contribution in [0.15, 0.2) is 23.4 Å². The highest BCUT2D eigenvalue weighted by Gasteiger charge is 2.22. The standard InChI is InChI=1S/C23H23ClN6O2S2/c1-13-7-8-14(9-17(13)24)26-20(31)10-19-28-29-23(30(19)2)33-12-21(32)27-22-16(11-25)15-5-3-4-6-18(15)34-22/h7-9H,3-6,10,12H2,1-2H3,(H,26,31)(H,27,32). The van der Waals surface area contributed by atoms with Crippen LogP contribution in [0.5, 0.6) is 0 Å². The summed E-state index contributed by atoms with van der Waals surface area (Å²) >= 11 is 8.84. The van der Waals surface area contributed by atoms with Crippen molar-refractivity contribution < 1.29 is 9.59 Å². The van der Waals surface area contributed by atoms with Gasteiger partial charge < -0.3 is 15.2 Å². The predicted octanol–water partition coefficient (Wildman–Crippen LogP) is 4.50. The fourth-order valence-electron chi connectivity index (χ4n) is 3.71. The average Bonchev–Trinajstić information content (AvgIpc) is 3.34. The number of carbonyl (C=O) groups excluding carboxylic acids is 2.